The van der Waals surface area contributed by atoms with Gasteiger partial charge in [-0.15, -0.1) is 0 Å². The Balaban J connectivity index is 3.25. The van der Waals surface area contributed by atoms with Crippen molar-refractivity contribution in [3.63, 3.8) is 0 Å². The minimum absolute atomic E-state index is 0.0484. The van der Waals surface area contributed by atoms with E-state index in [1.807, 2.05) is 6.07 Å². The van der Waals surface area contributed by atoms with Crippen molar-refractivity contribution in [1.29, 1.82) is 0 Å². The number of methoxy groups -OCH3 is 1. The van der Waals surface area contributed by atoms with E-state index in [1.54, 1.807) is 7.11 Å². The second kappa shape index (κ2) is 5.44. The Morgan fingerprint density at radius 3 is 2.35 bits per heavy atom. The van der Waals surface area contributed by atoms with Gasteiger partial charge in [-0.05, 0) is 29.9 Å². The molecule has 1 aromatic carbocycles. The van der Waals surface area contributed by atoms with Crippen LogP contribution in [0.5, 0.6) is 11.5 Å². The highest BCUT2D eigenvalue weighted by molar-refractivity contribution is 5.51. The van der Waals surface area contributed by atoms with Gasteiger partial charge in [0.1, 0.15) is 0 Å². The van der Waals surface area contributed by atoms with Gasteiger partial charge in [-0.2, -0.15) is 0 Å². The number of ether oxygens (including phenoxy) is 1. The third kappa shape index (κ3) is 3.15. The van der Waals surface area contributed by atoms with Crippen molar-refractivity contribution in [3.8, 4) is 11.5 Å². The van der Waals surface area contributed by atoms with Crippen LogP contribution in [0.1, 0.15) is 51.7 Å². The summed E-state index contributed by atoms with van der Waals surface area (Å²) >= 11 is 0. The minimum atomic E-state index is 0.0484. The SMILES string of the molecule is CCCCc1c(C(C)(C)C)ccc(OC)c1O. The molecule has 0 spiro atoms. The normalized spacial score (nSPS) is 11.6. The van der Waals surface area contributed by atoms with Crippen molar-refractivity contribution >= 4 is 0 Å². The topological polar surface area (TPSA) is 29.5 Å². The molecular formula is C15H24O2. The Morgan fingerprint density at radius 1 is 1.24 bits per heavy atom. The van der Waals surface area contributed by atoms with Gasteiger partial charge in [-0.3, -0.25) is 0 Å². The fourth-order valence-electron chi connectivity index (χ4n) is 2.09. The zero-order valence-electron chi connectivity index (χ0n) is 11.6. The molecule has 1 rings (SSSR count). The fraction of sp³-hybridized carbons (Fsp3) is 0.600. The summed E-state index contributed by atoms with van der Waals surface area (Å²) in [5, 5.41) is 10.2. The molecule has 0 saturated heterocycles. The van der Waals surface area contributed by atoms with Crippen LogP contribution in [-0.2, 0) is 11.8 Å². The molecule has 0 aliphatic heterocycles. The number of hydrogen-bond donors (Lipinski definition) is 1. The van der Waals surface area contributed by atoms with E-state index in [0.717, 1.165) is 24.8 Å². The van der Waals surface area contributed by atoms with E-state index in [4.69, 9.17) is 4.74 Å². The predicted octanol–water partition coefficient (Wildman–Crippen LogP) is 4.04. The van der Waals surface area contributed by atoms with E-state index >= 15 is 0 Å². The summed E-state index contributed by atoms with van der Waals surface area (Å²) in [4.78, 5) is 0. The third-order valence-corrected chi connectivity index (χ3v) is 3.05. The van der Waals surface area contributed by atoms with Gasteiger partial charge in [0.2, 0.25) is 0 Å². The van der Waals surface area contributed by atoms with Crippen molar-refractivity contribution in [2.24, 2.45) is 0 Å². The third-order valence-electron chi connectivity index (χ3n) is 3.05. The van der Waals surface area contributed by atoms with Gasteiger partial charge in [0.25, 0.3) is 0 Å². The highest BCUT2D eigenvalue weighted by atomic mass is 16.5. The van der Waals surface area contributed by atoms with Crippen LogP contribution in [0.3, 0.4) is 0 Å². The quantitative estimate of drug-likeness (QED) is 0.855. The van der Waals surface area contributed by atoms with E-state index in [-0.39, 0.29) is 5.41 Å². The number of hydrogen-bond acceptors (Lipinski definition) is 2. The summed E-state index contributed by atoms with van der Waals surface area (Å²) in [7, 11) is 1.59. The summed E-state index contributed by atoms with van der Waals surface area (Å²) in [6.07, 6.45) is 3.12. The molecule has 0 heterocycles. The van der Waals surface area contributed by atoms with Crippen molar-refractivity contribution in [1.82, 2.24) is 0 Å². The molecular weight excluding hydrogens is 212 g/mol. The molecule has 0 saturated carbocycles. The van der Waals surface area contributed by atoms with Crippen molar-refractivity contribution < 1.29 is 9.84 Å². The molecule has 0 fully saturated rings. The maximum absolute atomic E-state index is 10.2. The van der Waals surface area contributed by atoms with E-state index < -0.39 is 0 Å². The molecule has 96 valence electrons. The first-order chi connectivity index (χ1) is 7.91. The first-order valence-corrected chi connectivity index (χ1v) is 6.31. The molecule has 0 aromatic heterocycles. The lowest BCUT2D eigenvalue weighted by atomic mass is 9.82. The van der Waals surface area contributed by atoms with Crippen molar-refractivity contribution in [3.05, 3.63) is 23.3 Å². The van der Waals surface area contributed by atoms with Gasteiger partial charge in [-0.1, -0.05) is 40.2 Å². The molecule has 0 bridgehead atoms. The standard InChI is InChI=1S/C15H24O2/c1-6-7-8-11-12(15(2,3)4)9-10-13(17-5)14(11)16/h9-10,16H,6-8H2,1-5H3. The van der Waals surface area contributed by atoms with Crippen LogP contribution < -0.4 is 4.74 Å². The van der Waals surface area contributed by atoms with E-state index in [9.17, 15) is 5.11 Å². The summed E-state index contributed by atoms with van der Waals surface area (Å²) in [5.74, 6) is 0.887. The van der Waals surface area contributed by atoms with Crippen LogP contribution in [-0.4, -0.2) is 12.2 Å². The van der Waals surface area contributed by atoms with E-state index in [0.29, 0.717) is 11.5 Å². The lowest BCUT2D eigenvalue weighted by Crippen LogP contribution is -2.14. The Labute approximate surface area is 105 Å². The van der Waals surface area contributed by atoms with Gasteiger partial charge in [-0.25, -0.2) is 0 Å². The lowest BCUT2D eigenvalue weighted by molar-refractivity contribution is 0.368. The second-order valence-electron chi connectivity index (χ2n) is 5.50. The Kier molecular flexibility index (Phi) is 4.44. The second-order valence-corrected chi connectivity index (χ2v) is 5.50. The first kappa shape index (κ1) is 13.9. The van der Waals surface area contributed by atoms with Crippen LogP contribution in [0.2, 0.25) is 0 Å². The van der Waals surface area contributed by atoms with Gasteiger partial charge in [0.05, 0.1) is 7.11 Å². The highest BCUT2D eigenvalue weighted by Gasteiger charge is 2.21. The molecule has 2 heteroatoms. The molecule has 2 nitrogen and oxygen atoms in total. The van der Waals surface area contributed by atoms with Gasteiger partial charge in [0.15, 0.2) is 11.5 Å². The van der Waals surface area contributed by atoms with Gasteiger partial charge >= 0.3 is 0 Å². The molecule has 0 unspecified atom stereocenters. The largest absolute Gasteiger partial charge is 0.504 e. The van der Waals surface area contributed by atoms with Crippen LogP contribution >= 0.6 is 0 Å². The number of rotatable bonds is 4. The Morgan fingerprint density at radius 2 is 1.88 bits per heavy atom. The van der Waals surface area contributed by atoms with Gasteiger partial charge < -0.3 is 9.84 Å². The number of phenols is 1. The van der Waals surface area contributed by atoms with Gasteiger partial charge in [0, 0.05) is 5.56 Å². The van der Waals surface area contributed by atoms with E-state index in [2.05, 4.69) is 33.8 Å². The average Bonchev–Trinajstić information content (AvgIpc) is 2.25. The van der Waals surface area contributed by atoms with Crippen molar-refractivity contribution in [2.45, 2.75) is 52.4 Å². The molecule has 0 aliphatic carbocycles. The number of benzene rings is 1. The fourth-order valence-corrected chi connectivity index (χ4v) is 2.09. The van der Waals surface area contributed by atoms with Crippen LogP contribution in [0.4, 0.5) is 0 Å². The average molecular weight is 236 g/mol. The monoisotopic (exact) mass is 236 g/mol. The van der Waals surface area contributed by atoms with Crippen molar-refractivity contribution in [2.75, 3.05) is 7.11 Å². The smallest absolute Gasteiger partial charge is 0.161 e. The summed E-state index contributed by atoms with van der Waals surface area (Å²) in [6, 6.07) is 3.93. The maximum Gasteiger partial charge on any atom is 0.161 e. The summed E-state index contributed by atoms with van der Waals surface area (Å²) < 4.78 is 5.18. The highest BCUT2D eigenvalue weighted by Crippen LogP contribution is 2.38. The molecule has 0 aliphatic rings. The molecule has 0 atom stereocenters. The Bertz CT molecular complexity index is 375. The van der Waals surface area contributed by atoms with Crippen LogP contribution in [0, 0.1) is 0 Å². The maximum atomic E-state index is 10.2. The lowest BCUT2D eigenvalue weighted by Gasteiger charge is -2.24. The summed E-state index contributed by atoms with van der Waals surface area (Å²) in [6.45, 7) is 8.67. The molecule has 1 aromatic rings. The molecule has 0 radical (unpaired) electrons. The predicted molar refractivity (Wildman–Crippen MR) is 72.0 cm³/mol. The van der Waals surface area contributed by atoms with E-state index in [1.165, 1.54) is 5.56 Å². The zero-order valence-corrected chi connectivity index (χ0v) is 11.6. The minimum Gasteiger partial charge on any atom is -0.504 e. The Hall–Kier alpha value is -1.18. The molecule has 1 N–H and O–H groups in total. The molecule has 17 heavy (non-hydrogen) atoms. The number of aromatic hydroxyl groups is 1. The number of phenolic OH excluding ortho intramolecular Hbond substituents is 1. The van der Waals surface area contributed by atoms with Crippen LogP contribution in [0.25, 0.3) is 0 Å². The number of unbranched alkanes of at least 4 members (excludes halogenated alkanes) is 1. The first-order valence-electron chi connectivity index (χ1n) is 6.31. The molecule has 0 amide bonds. The van der Waals surface area contributed by atoms with Crippen LogP contribution in [0.15, 0.2) is 12.1 Å². The zero-order chi connectivity index (χ0) is 13.1. The summed E-state index contributed by atoms with van der Waals surface area (Å²) in [5.41, 5.74) is 2.30.